The molecule has 4 nitrogen and oxygen atoms in total. The number of hydrogen-bond acceptors (Lipinski definition) is 3. The van der Waals surface area contributed by atoms with Crippen LogP contribution in [-0.4, -0.2) is 36.2 Å². The summed E-state index contributed by atoms with van der Waals surface area (Å²) in [4.78, 5) is 12.7. The van der Waals surface area contributed by atoms with Crippen molar-refractivity contribution in [1.82, 2.24) is 10.6 Å². The van der Waals surface area contributed by atoms with Gasteiger partial charge in [-0.25, -0.2) is 0 Å². The Morgan fingerprint density at radius 3 is 2.47 bits per heavy atom. The zero-order valence-corrected chi connectivity index (χ0v) is 12.5. The van der Waals surface area contributed by atoms with E-state index in [2.05, 4.69) is 17.6 Å². The van der Waals surface area contributed by atoms with Crippen LogP contribution in [-0.2, 0) is 4.79 Å². The van der Waals surface area contributed by atoms with Crippen molar-refractivity contribution < 1.29 is 9.90 Å². The number of aliphatic hydroxyl groups is 1. The second-order valence-electron chi connectivity index (χ2n) is 6.88. The Kier molecular flexibility index (Phi) is 4.21. The lowest BCUT2D eigenvalue weighted by Gasteiger charge is -2.50. The van der Waals surface area contributed by atoms with Gasteiger partial charge in [0.15, 0.2) is 0 Å². The molecular weight excluding hydrogens is 240 g/mol. The number of rotatable bonds is 4. The van der Waals surface area contributed by atoms with Crippen LogP contribution in [0.4, 0.5) is 0 Å². The van der Waals surface area contributed by atoms with Crippen LogP contribution in [0, 0.1) is 10.8 Å². The van der Waals surface area contributed by atoms with E-state index in [0.29, 0.717) is 6.42 Å². The summed E-state index contributed by atoms with van der Waals surface area (Å²) in [7, 11) is 0. The maximum Gasteiger partial charge on any atom is 0.226 e. The largest absolute Gasteiger partial charge is 0.392 e. The number of nitrogens with one attached hydrogen (secondary N) is 2. The van der Waals surface area contributed by atoms with Gasteiger partial charge < -0.3 is 15.7 Å². The highest BCUT2D eigenvalue weighted by Gasteiger charge is 2.50. The van der Waals surface area contributed by atoms with Crippen molar-refractivity contribution in [1.29, 1.82) is 0 Å². The van der Waals surface area contributed by atoms with E-state index in [1.165, 1.54) is 0 Å². The van der Waals surface area contributed by atoms with E-state index in [0.717, 1.165) is 38.8 Å². The summed E-state index contributed by atoms with van der Waals surface area (Å²) >= 11 is 0. The highest BCUT2D eigenvalue weighted by Crippen LogP contribution is 2.42. The number of amides is 1. The molecular formula is C15H28N2O2. The van der Waals surface area contributed by atoms with E-state index in [-0.39, 0.29) is 28.9 Å². The van der Waals surface area contributed by atoms with Crippen molar-refractivity contribution in [2.24, 2.45) is 10.8 Å². The van der Waals surface area contributed by atoms with Crippen molar-refractivity contribution in [3.63, 3.8) is 0 Å². The second kappa shape index (κ2) is 5.41. The molecule has 1 heterocycles. The molecule has 0 aromatic rings. The van der Waals surface area contributed by atoms with E-state index < -0.39 is 0 Å². The molecule has 0 aromatic carbocycles. The number of hydrogen-bond donors (Lipinski definition) is 3. The molecule has 0 spiro atoms. The molecule has 0 aromatic heterocycles. The Labute approximate surface area is 116 Å². The maximum atomic E-state index is 12.7. The smallest absolute Gasteiger partial charge is 0.226 e. The summed E-state index contributed by atoms with van der Waals surface area (Å²) in [6, 6.07) is 0.124. The van der Waals surface area contributed by atoms with Gasteiger partial charge in [-0.15, -0.1) is 0 Å². The lowest BCUT2D eigenvalue weighted by Crippen LogP contribution is -2.63. The molecule has 2 fully saturated rings. The maximum absolute atomic E-state index is 12.7. The van der Waals surface area contributed by atoms with Gasteiger partial charge in [-0.1, -0.05) is 27.2 Å². The molecule has 2 aliphatic rings. The zero-order chi connectivity index (χ0) is 14.1. The summed E-state index contributed by atoms with van der Waals surface area (Å²) in [5, 5.41) is 16.3. The molecule has 1 saturated carbocycles. The molecule has 0 bridgehead atoms. The van der Waals surface area contributed by atoms with Crippen molar-refractivity contribution in [2.75, 3.05) is 13.1 Å². The van der Waals surface area contributed by atoms with E-state index in [1.807, 2.05) is 13.8 Å². The first-order valence-electron chi connectivity index (χ1n) is 7.62. The van der Waals surface area contributed by atoms with Crippen LogP contribution in [0.15, 0.2) is 0 Å². The fourth-order valence-electron chi connectivity index (χ4n) is 3.43. The zero-order valence-electron chi connectivity index (χ0n) is 12.5. The third-order valence-electron chi connectivity index (χ3n) is 5.29. The highest BCUT2D eigenvalue weighted by molar-refractivity contribution is 5.83. The number of aliphatic hydroxyl groups excluding tert-OH is 1. The van der Waals surface area contributed by atoms with Gasteiger partial charge in [0.25, 0.3) is 0 Å². The van der Waals surface area contributed by atoms with Crippen molar-refractivity contribution in [3.8, 4) is 0 Å². The molecule has 2 atom stereocenters. The highest BCUT2D eigenvalue weighted by atomic mass is 16.3. The van der Waals surface area contributed by atoms with E-state index in [1.54, 1.807) is 0 Å². The van der Waals surface area contributed by atoms with E-state index in [4.69, 9.17) is 0 Å². The standard InChI is InChI=1S/C15H28N2O2/c1-4-5-15(6-8-16-9-7-15)13(19)17-11-10-12(18)14(11,2)3/h11-12,16,18H,4-10H2,1-3H3,(H,17,19). The third-order valence-corrected chi connectivity index (χ3v) is 5.29. The Morgan fingerprint density at radius 1 is 1.37 bits per heavy atom. The van der Waals surface area contributed by atoms with E-state index in [9.17, 15) is 9.90 Å². The lowest BCUT2D eigenvalue weighted by atomic mass is 9.64. The van der Waals surface area contributed by atoms with Crippen molar-refractivity contribution in [2.45, 2.75) is 65.0 Å². The molecule has 4 heteroatoms. The Morgan fingerprint density at radius 2 is 2.00 bits per heavy atom. The van der Waals surface area contributed by atoms with Crippen LogP contribution >= 0.6 is 0 Å². The summed E-state index contributed by atoms with van der Waals surface area (Å²) < 4.78 is 0. The normalized spacial score (nSPS) is 32.4. The van der Waals surface area contributed by atoms with Crippen molar-refractivity contribution in [3.05, 3.63) is 0 Å². The van der Waals surface area contributed by atoms with Crippen LogP contribution in [0.25, 0.3) is 0 Å². The van der Waals surface area contributed by atoms with Crippen LogP contribution in [0.3, 0.4) is 0 Å². The summed E-state index contributed by atoms with van der Waals surface area (Å²) in [6.07, 6.45) is 4.29. The molecule has 3 N–H and O–H groups in total. The summed E-state index contributed by atoms with van der Waals surface area (Å²) in [6.45, 7) is 8.07. The quantitative estimate of drug-likeness (QED) is 0.723. The van der Waals surface area contributed by atoms with Gasteiger partial charge >= 0.3 is 0 Å². The SMILES string of the molecule is CCCC1(C(=O)NC2CC(O)C2(C)C)CCNCC1. The minimum atomic E-state index is -0.284. The summed E-state index contributed by atoms with van der Waals surface area (Å²) in [5.74, 6) is 0.209. The second-order valence-corrected chi connectivity index (χ2v) is 6.88. The van der Waals surface area contributed by atoms with Gasteiger partial charge in [0.2, 0.25) is 5.91 Å². The fourth-order valence-corrected chi connectivity index (χ4v) is 3.43. The van der Waals surface area contributed by atoms with Crippen LogP contribution < -0.4 is 10.6 Å². The lowest BCUT2D eigenvalue weighted by molar-refractivity contribution is -0.141. The summed E-state index contributed by atoms with van der Waals surface area (Å²) in [5.41, 5.74) is -0.368. The van der Waals surface area contributed by atoms with Crippen LogP contribution in [0.5, 0.6) is 0 Å². The third kappa shape index (κ3) is 2.65. The molecule has 1 saturated heterocycles. The van der Waals surface area contributed by atoms with Crippen LogP contribution in [0.1, 0.15) is 52.9 Å². The average Bonchev–Trinajstić information content (AvgIpc) is 2.39. The first kappa shape index (κ1) is 14.8. The molecule has 1 aliphatic heterocycles. The molecule has 1 aliphatic carbocycles. The first-order valence-corrected chi connectivity index (χ1v) is 7.62. The molecule has 2 rings (SSSR count). The average molecular weight is 268 g/mol. The molecule has 2 unspecified atom stereocenters. The van der Waals surface area contributed by atoms with Gasteiger partial charge in [0.1, 0.15) is 0 Å². The minimum Gasteiger partial charge on any atom is -0.392 e. The Balaban J connectivity index is 2.00. The number of carbonyl (C=O) groups is 1. The number of carbonyl (C=O) groups excluding carboxylic acids is 1. The minimum absolute atomic E-state index is 0.124. The predicted molar refractivity (Wildman–Crippen MR) is 75.8 cm³/mol. The Hall–Kier alpha value is -0.610. The van der Waals surface area contributed by atoms with Gasteiger partial charge in [0.05, 0.1) is 11.5 Å². The predicted octanol–water partition coefficient (Wildman–Crippen LogP) is 1.43. The number of piperidine rings is 1. The van der Waals surface area contributed by atoms with Gasteiger partial charge in [-0.3, -0.25) is 4.79 Å². The monoisotopic (exact) mass is 268 g/mol. The van der Waals surface area contributed by atoms with Gasteiger partial charge in [-0.2, -0.15) is 0 Å². The molecule has 0 radical (unpaired) electrons. The Bertz CT molecular complexity index is 330. The van der Waals surface area contributed by atoms with Crippen LogP contribution in [0.2, 0.25) is 0 Å². The van der Waals surface area contributed by atoms with Gasteiger partial charge in [-0.05, 0) is 38.8 Å². The topological polar surface area (TPSA) is 61.4 Å². The molecule has 19 heavy (non-hydrogen) atoms. The fraction of sp³-hybridized carbons (Fsp3) is 0.933. The van der Waals surface area contributed by atoms with Crippen molar-refractivity contribution >= 4 is 5.91 Å². The molecule has 1 amide bonds. The first-order chi connectivity index (χ1) is 8.92. The van der Waals surface area contributed by atoms with E-state index >= 15 is 0 Å². The van der Waals surface area contributed by atoms with Gasteiger partial charge in [0, 0.05) is 11.5 Å². The molecule has 110 valence electrons.